The van der Waals surface area contributed by atoms with Crippen molar-refractivity contribution in [2.45, 2.75) is 51.7 Å². The maximum atomic E-state index is 4.93. The zero-order chi connectivity index (χ0) is 14.8. The van der Waals surface area contributed by atoms with Gasteiger partial charge in [-0.1, -0.05) is 25.1 Å². The SMILES string of the molecule is CCC(C)N(C)c1nc2ccccc2cc1CNC1CC1. The van der Waals surface area contributed by atoms with Gasteiger partial charge in [-0.05, 0) is 38.3 Å². The molecule has 0 saturated heterocycles. The molecule has 0 bridgehead atoms. The van der Waals surface area contributed by atoms with Gasteiger partial charge in [-0.25, -0.2) is 4.98 Å². The number of hydrogen-bond donors (Lipinski definition) is 1. The van der Waals surface area contributed by atoms with E-state index in [1.807, 2.05) is 0 Å². The Hall–Kier alpha value is -1.61. The van der Waals surface area contributed by atoms with E-state index >= 15 is 0 Å². The van der Waals surface area contributed by atoms with Crippen LogP contribution in [0.3, 0.4) is 0 Å². The van der Waals surface area contributed by atoms with Gasteiger partial charge in [0.1, 0.15) is 5.82 Å². The number of hydrogen-bond acceptors (Lipinski definition) is 3. The summed E-state index contributed by atoms with van der Waals surface area (Å²) >= 11 is 0. The molecule has 1 aromatic carbocycles. The molecule has 1 aliphatic carbocycles. The summed E-state index contributed by atoms with van der Waals surface area (Å²) in [6, 6.07) is 11.9. The van der Waals surface area contributed by atoms with Crippen LogP contribution in [0.5, 0.6) is 0 Å². The number of aromatic nitrogens is 1. The smallest absolute Gasteiger partial charge is 0.133 e. The quantitative estimate of drug-likeness (QED) is 0.875. The van der Waals surface area contributed by atoms with Crippen molar-refractivity contribution in [1.82, 2.24) is 10.3 Å². The Kier molecular flexibility index (Phi) is 4.11. The molecule has 2 aromatic rings. The topological polar surface area (TPSA) is 28.2 Å². The van der Waals surface area contributed by atoms with E-state index < -0.39 is 0 Å². The molecule has 0 amide bonds. The molecule has 3 rings (SSSR count). The lowest BCUT2D eigenvalue weighted by molar-refractivity contribution is 0.643. The van der Waals surface area contributed by atoms with Crippen LogP contribution in [0.25, 0.3) is 10.9 Å². The number of benzene rings is 1. The highest BCUT2D eigenvalue weighted by atomic mass is 15.2. The van der Waals surface area contributed by atoms with Gasteiger partial charge in [-0.3, -0.25) is 0 Å². The van der Waals surface area contributed by atoms with E-state index in [-0.39, 0.29) is 0 Å². The Morgan fingerprint density at radius 1 is 1.33 bits per heavy atom. The average molecular weight is 283 g/mol. The molecule has 1 fully saturated rings. The highest BCUT2D eigenvalue weighted by Gasteiger charge is 2.22. The maximum absolute atomic E-state index is 4.93. The normalized spacial score (nSPS) is 16.1. The van der Waals surface area contributed by atoms with Gasteiger partial charge >= 0.3 is 0 Å². The van der Waals surface area contributed by atoms with Crippen molar-refractivity contribution in [3.8, 4) is 0 Å². The van der Waals surface area contributed by atoms with Crippen molar-refractivity contribution in [2.75, 3.05) is 11.9 Å². The van der Waals surface area contributed by atoms with Crippen LogP contribution in [0.15, 0.2) is 30.3 Å². The Labute approximate surface area is 127 Å². The lowest BCUT2D eigenvalue weighted by Gasteiger charge is -2.27. The van der Waals surface area contributed by atoms with Crippen LogP contribution < -0.4 is 10.2 Å². The summed E-state index contributed by atoms with van der Waals surface area (Å²) in [5, 5.41) is 4.85. The fourth-order valence-corrected chi connectivity index (χ4v) is 2.61. The highest BCUT2D eigenvalue weighted by molar-refractivity contribution is 5.81. The molecule has 1 unspecified atom stereocenters. The van der Waals surface area contributed by atoms with Crippen LogP contribution in [0.1, 0.15) is 38.7 Å². The van der Waals surface area contributed by atoms with Crippen molar-refractivity contribution in [3.05, 3.63) is 35.9 Å². The first-order valence-electron chi connectivity index (χ1n) is 8.04. The van der Waals surface area contributed by atoms with Crippen molar-refractivity contribution < 1.29 is 0 Å². The van der Waals surface area contributed by atoms with Gasteiger partial charge in [0.2, 0.25) is 0 Å². The Balaban J connectivity index is 1.97. The van der Waals surface area contributed by atoms with Crippen LogP contribution in [0.2, 0.25) is 0 Å². The van der Waals surface area contributed by atoms with Crippen molar-refractivity contribution in [1.29, 1.82) is 0 Å². The number of nitrogens with zero attached hydrogens (tertiary/aromatic N) is 2. The van der Waals surface area contributed by atoms with E-state index in [1.54, 1.807) is 0 Å². The Morgan fingerprint density at radius 3 is 2.81 bits per heavy atom. The molecular formula is C18H25N3. The monoisotopic (exact) mass is 283 g/mol. The third kappa shape index (κ3) is 3.18. The molecule has 1 saturated carbocycles. The fourth-order valence-electron chi connectivity index (χ4n) is 2.61. The van der Waals surface area contributed by atoms with E-state index in [0.717, 1.165) is 30.3 Å². The lowest BCUT2D eigenvalue weighted by atomic mass is 10.1. The largest absolute Gasteiger partial charge is 0.357 e. The van der Waals surface area contributed by atoms with E-state index in [4.69, 9.17) is 4.98 Å². The van der Waals surface area contributed by atoms with E-state index in [1.165, 1.54) is 23.8 Å². The maximum Gasteiger partial charge on any atom is 0.133 e. The van der Waals surface area contributed by atoms with Gasteiger partial charge < -0.3 is 10.2 Å². The zero-order valence-corrected chi connectivity index (χ0v) is 13.3. The van der Waals surface area contributed by atoms with E-state index in [0.29, 0.717) is 6.04 Å². The summed E-state index contributed by atoms with van der Waals surface area (Å²) in [5.74, 6) is 1.12. The first kappa shape index (κ1) is 14.3. The van der Waals surface area contributed by atoms with Gasteiger partial charge in [0, 0.05) is 36.6 Å². The number of anilines is 1. The third-order valence-corrected chi connectivity index (χ3v) is 4.52. The van der Waals surface area contributed by atoms with Crippen LogP contribution in [-0.2, 0) is 6.54 Å². The third-order valence-electron chi connectivity index (χ3n) is 4.52. The molecular weight excluding hydrogens is 258 g/mol. The average Bonchev–Trinajstić information content (AvgIpc) is 3.34. The molecule has 112 valence electrons. The van der Waals surface area contributed by atoms with Gasteiger partial charge in [-0.2, -0.15) is 0 Å². The highest BCUT2D eigenvalue weighted by Crippen LogP contribution is 2.26. The molecule has 1 aliphatic rings. The molecule has 1 atom stereocenters. The number of fused-ring (bicyclic) bond motifs is 1. The summed E-state index contributed by atoms with van der Waals surface area (Å²) in [6.45, 7) is 5.40. The van der Waals surface area contributed by atoms with Gasteiger partial charge in [0.05, 0.1) is 5.52 Å². The molecule has 3 nitrogen and oxygen atoms in total. The second-order valence-electron chi connectivity index (χ2n) is 6.19. The standard InChI is InChI=1S/C18H25N3/c1-4-13(2)21(3)18-15(12-19-16-9-10-16)11-14-7-5-6-8-17(14)20-18/h5-8,11,13,16,19H,4,9-10,12H2,1-3H3. The molecule has 1 heterocycles. The van der Waals surface area contributed by atoms with Crippen LogP contribution in [-0.4, -0.2) is 24.1 Å². The first-order valence-corrected chi connectivity index (χ1v) is 8.04. The van der Waals surface area contributed by atoms with Gasteiger partial charge in [-0.15, -0.1) is 0 Å². The summed E-state index contributed by atoms with van der Waals surface area (Å²) < 4.78 is 0. The minimum atomic E-state index is 0.498. The van der Waals surface area contributed by atoms with Crippen LogP contribution in [0, 0.1) is 0 Å². The predicted octanol–water partition coefficient (Wildman–Crippen LogP) is 3.72. The molecule has 0 radical (unpaired) electrons. The fraction of sp³-hybridized carbons (Fsp3) is 0.500. The molecule has 3 heteroatoms. The number of rotatable bonds is 6. The van der Waals surface area contributed by atoms with Gasteiger partial charge in [0.25, 0.3) is 0 Å². The van der Waals surface area contributed by atoms with Crippen LogP contribution in [0.4, 0.5) is 5.82 Å². The minimum absolute atomic E-state index is 0.498. The summed E-state index contributed by atoms with van der Waals surface area (Å²) in [4.78, 5) is 7.24. The van der Waals surface area contributed by atoms with E-state index in [9.17, 15) is 0 Å². The zero-order valence-electron chi connectivity index (χ0n) is 13.3. The Bertz CT molecular complexity index is 619. The van der Waals surface area contributed by atoms with Gasteiger partial charge in [0.15, 0.2) is 0 Å². The summed E-state index contributed by atoms with van der Waals surface area (Å²) in [5.41, 5.74) is 2.39. The summed E-state index contributed by atoms with van der Waals surface area (Å²) in [7, 11) is 2.16. The number of nitrogens with one attached hydrogen (secondary N) is 1. The minimum Gasteiger partial charge on any atom is -0.357 e. The molecule has 0 aliphatic heterocycles. The van der Waals surface area contributed by atoms with Crippen LogP contribution >= 0.6 is 0 Å². The summed E-state index contributed by atoms with van der Waals surface area (Å²) in [6.07, 6.45) is 3.76. The molecule has 1 aromatic heterocycles. The Morgan fingerprint density at radius 2 is 2.10 bits per heavy atom. The number of para-hydroxylation sites is 1. The van der Waals surface area contributed by atoms with Crippen molar-refractivity contribution >= 4 is 16.7 Å². The van der Waals surface area contributed by atoms with E-state index in [2.05, 4.69) is 61.4 Å². The number of pyridine rings is 1. The molecule has 21 heavy (non-hydrogen) atoms. The first-order chi connectivity index (χ1) is 10.2. The predicted molar refractivity (Wildman–Crippen MR) is 89.8 cm³/mol. The second kappa shape index (κ2) is 6.02. The molecule has 0 spiro atoms. The van der Waals surface area contributed by atoms with Crippen molar-refractivity contribution in [2.24, 2.45) is 0 Å². The van der Waals surface area contributed by atoms with Crippen molar-refractivity contribution in [3.63, 3.8) is 0 Å². The lowest BCUT2D eigenvalue weighted by Crippen LogP contribution is -2.30. The second-order valence-corrected chi connectivity index (χ2v) is 6.19. The molecule has 1 N–H and O–H groups in total.